The van der Waals surface area contributed by atoms with Gasteiger partial charge in [-0.05, 0) is 93.7 Å². The van der Waals surface area contributed by atoms with Crippen molar-refractivity contribution in [1.82, 2.24) is 15.1 Å². The Morgan fingerprint density at radius 2 is 1.67 bits per heavy atom. The average Bonchev–Trinajstić information content (AvgIpc) is 2.79. The number of nitrogens with zero attached hydrogens (tertiary/aromatic N) is 2. The highest BCUT2D eigenvalue weighted by atomic mass is 19.1. The van der Waals surface area contributed by atoms with E-state index in [1.165, 1.54) is 24.1 Å². The minimum atomic E-state index is -0.324. The molecule has 7 heteroatoms. The molecule has 2 aromatic rings. The van der Waals surface area contributed by atoms with E-state index in [0.717, 1.165) is 52.0 Å². The lowest BCUT2D eigenvalue weighted by Crippen LogP contribution is -2.55. The van der Waals surface area contributed by atoms with Crippen LogP contribution in [0.4, 0.5) is 19.3 Å². The Morgan fingerprint density at radius 1 is 0.970 bits per heavy atom. The summed E-state index contributed by atoms with van der Waals surface area (Å²) in [6, 6.07) is 12.5. The number of urea groups is 1. The topological polar surface area (TPSA) is 47.6 Å². The molecule has 5 nitrogen and oxygen atoms in total. The normalized spacial score (nSPS) is 24.4. The first-order chi connectivity index (χ1) is 15.9. The van der Waals surface area contributed by atoms with Crippen LogP contribution >= 0.6 is 0 Å². The van der Waals surface area contributed by atoms with Crippen LogP contribution in [-0.4, -0.2) is 61.6 Å². The van der Waals surface area contributed by atoms with Crippen molar-refractivity contribution in [3.8, 4) is 0 Å². The molecule has 0 saturated carbocycles. The number of anilines is 1. The van der Waals surface area contributed by atoms with E-state index in [-0.39, 0.29) is 23.7 Å². The number of hydrogen-bond acceptors (Lipinski definition) is 3. The zero-order valence-electron chi connectivity index (χ0n) is 19.3. The van der Waals surface area contributed by atoms with Crippen molar-refractivity contribution in [3.05, 3.63) is 65.7 Å². The largest absolute Gasteiger partial charge is 0.335 e. The summed E-state index contributed by atoms with van der Waals surface area (Å²) in [4.78, 5) is 17.5. The molecule has 2 aliphatic heterocycles. The highest BCUT2D eigenvalue weighted by molar-refractivity contribution is 5.89. The van der Waals surface area contributed by atoms with Crippen LogP contribution in [0.1, 0.15) is 24.8 Å². The Balaban J connectivity index is 1.32. The van der Waals surface area contributed by atoms with Gasteiger partial charge in [0.2, 0.25) is 0 Å². The molecule has 4 rings (SSSR count). The number of rotatable bonds is 6. The van der Waals surface area contributed by atoms with Crippen LogP contribution in [0.2, 0.25) is 0 Å². The molecule has 2 aromatic carbocycles. The van der Waals surface area contributed by atoms with Gasteiger partial charge in [0.15, 0.2) is 0 Å². The highest BCUT2D eigenvalue weighted by Crippen LogP contribution is 2.24. The molecule has 1 unspecified atom stereocenters. The second-order valence-corrected chi connectivity index (χ2v) is 9.62. The van der Waals surface area contributed by atoms with Gasteiger partial charge >= 0.3 is 6.03 Å². The first-order valence-corrected chi connectivity index (χ1v) is 11.9. The van der Waals surface area contributed by atoms with Crippen molar-refractivity contribution < 1.29 is 13.6 Å². The van der Waals surface area contributed by atoms with Gasteiger partial charge in [-0.1, -0.05) is 12.1 Å². The number of carbonyl (C=O) groups is 1. The third-order valence-corrected chi connectivity index (χ3v) is 6.89. The van der Waals surface area contributed by atoms with Crippen molar-refractivity contribution in [3.63, 3.8) is 0 Å². The fraction of sp³-hybridized carbons (Fsp3) is 0.500. The summed E-state index contributed by atoms with van der Waals surface area (Å²) < 4.78 is 26.3. The molecule has 2 N–H and O–H groups in total. The molecule has 2 amide bonds. The van der Waals surface area contributed by atoms with Crippen molar-refractivity contribution in [2.75, 3.05) is 45.1 Å². The molecule has 2 saturated heterocycles. The molecule has 33 heavy (non-hydrogen) atoms. The molecular weight excluding hydrogens is 422 g/mol. The fourth-order valence-corrected chi connectivity index (χ4v) is 5.23. The van der Waals surface area contributed by atoms with Crippen molar-refractivity contribution in [2.45, 2.75) is 31.7 Å². The number of likely N-dealkylation sites (tertiary alicyclic amines) is 2. The summed E-state index contributed by atoms with van der Waals surface area (Å²) in [5, 5.41) is 5.99. The molecule has 2 aliphatic rings. The number of piperidine rings is 2. The summed E-state index contributed by atoms with van der Waals surface area (Å²) in [6.45, 7) is 4.96. The van der Waals surface area contributed by atoms with Gasteiger partial charge in [0.1, 0.15) is 11.6 Å². The highest BCUT2D eigenvalue weighted by Gasteiger charge is 2.32. The molecule has 0 aromatic heterocycles. The Morgan fingerprint density at radius 3 is 2.39 bits per heavy atom. The number of nitrogens with one attached hydrogen (secondary N) is 2. The van der Waals surface area contributed by atoms with Gasteiger partial charge in [-0.15, -0.1) is 0 Å². The summed E-state index contributed by atoms with van der Waals surface area (Å²) in [5.41, 5.74) is 1.77. The summed E-state index contributed by atoms with van der Waals surface area (Å²) in [5.74, 6) is 0.397. The Bertz CT molecular complexity index is 906. The van der Waals surface area contributed by atoms with Crippen LogP contribution in [0.15, 0.2) is 48.5 Å². The standard InChI is InChI=1S/C26H34F2N4O/c1-31-14-12-25(30-26(33)29-24-10-8-23(28)9-11-24)21(17-31)18-32-13-2-3-20(16-32)15-19-4-6-22(27)7-5-19/h4-11,20-21,25H,2-3,12-18H2,1H3,(H2,29,30,33)/t20?,21-,25+/m0/s1. The van der Waals surface area contributed by atoms with Gasteiger partial charge in [0, 0.05) is 37.3 Å². The van der Waals surface area contributed by atoms with E-state index in [4.69, 9.17) is 0 Å². The first kappa shape index (κ1) is 23.6. The third-order valence-electron chi connectivity index (χ3n) is 6.89. The lowest BCUT2D eigenvalue weighted by Gasteiger charge is -2.41. The fourth-order valence-electron chi connectivity index (χ4n) is 5.23. The molecule has 0 bridgehead atoms. The molecule has 2 fully saturated rings. The first-order valence-electron chi connectivity index (χ1n) is 11.9. The maximum absolute atomic E-state index is 13.2. The number of benzene rings is 2. The minimum Gasteiger partial charge on any atom is -0.335 e. The van der Waals surface area contributed by atoms with Crippen LogP contribution in [0, 0.1) is 23.5 Å². The number of amides is 2. The van der Waals surface area contributed by atoms with E-state index >= 15 is 0 Å². The van der Waals surface area contributed by atoms with Gasteiger partial charge in [-0.2, -0.15) is 0 Å². The van der Waals surface area contributed by atoms with E-state index < -0.39 is 0 Å². The summed E-state index contributed by atoms with van der Waals surface area (Å²) >= 11 is 0. The van der Waals surface area contributed by atoms with Gasteiger partial charge in [0.05, 0.1) is 0 Å². The summed E-state index contributed by atoms with van der Waals surface area (Å²) in [7, 11) is 2.13. The molecule has 0 radical (unpaired) electrons. The van der Waals surface area contributed by atoms with Crippen LogP contribution in [0.25, 0.3) is 0 Å². The smallest absolute Gasteiger partial charge is 0.319 e. The predicted octanol–water partition coefficient (Wildman–Crippen LogP) is 4.36. The van der Waals surface area contributed by atoms with E-state index in [0.29, 0.717) is 17.5 Å². The lowest BCUT2D eigenvalue weighted by molar-refractivity contribution is 0.0958. The van der Waals surface area contributed by atoms with Gasteiger partial charge in [-0.3, -0.25) is 0 Å². The van der Waals surface area contributed by atoms with Gasteiger partial charge in [0.25, 0.3) is 0 Å². The van der Waals surface area contributed by atoms with Crippen molar-refractivity contribution in [2.24, 2.45) is 11.8 Å². The zero-order valence-corrected chi connectivity index (χ0v) is 19.3. The van der Waals surface area contributed by atoms with E-state index in [1.807, 2.05) is 12.1 Å². The molecule has 178 valence electrons. The predicted molar refractivity (Wildman–Crippen MR) is 127 cm³/mol. The zero-order chi connectivity index (χ0) is 23.2. The number of halogens is 2. The van der Waals surface area contributed by atoms with E-state index in [2.05, 4.69) is 27.5 Å². The van der Waals surface area contributed by atoms with Crippen LogP contribution in [-0.2, 0) is 6.42 Å². The van der Waals surface area contributed by atoms with Crippen LogP contribution in [0.5, 0.6) is 0 Å². The van der Waals surface area contributed by atoms with E-state index in [1.54, 1.807) is 24.3 Å². The molecule has 2 heterocycles. The second kappa shape index (κ2) is 11.1. The van der Waals surface area contributed by atoms with Crippen molar-refractivity contribution in [1.29, 1.82) is 0 Å². The molecule has 0 aliphatic carbocycles. The van der Waals surface area contributed by atoms with Crippen molar-refractivity contribution >= 4 is 11.7 Å². The quantitative estimate of drug-likeness (QED) is 0.679. The Hall–Kier alpha value is -2.51. The molecule has 0 spiro atoms. The van der Waals surface area contributed by atoms with Gasteiger partial charge < -0.3 is 20.4 Å². The Labute approximate surface area is 195 Å². The SMILES string of the molecule is CN1CC[C@@H](NC(=O)Nc2ccc(F)cc2)[C@H](CN2CCCC(Cc3ccc(F)cc3)C2)C1. The number of hydrogen-bond donors (Lipinski definition) is 2. The minimum absolute atomic E-state index is 0.0964. The molecule has 3 atom stereocenters. The van der Waals surface area contributed by atoms with E-state index in [9.17, 15) is 13.6 Å². The Kier molecular flexibility index (Phi) is 7.93. The lowest BCUT2D eigenvalue weighted by atomic mass is 9.88. The van der Waals surface area contributed by atoms with Crippen LogP contribution in [0.3, 0.4) is 0 Å². The van der Waals surface area contributed by atoms with Crippen LogP contribution < -0.4 is 10.6 Å². The monoisotopic (exact) mass is 456 g/mol. The average molecular weight is 457 g/mol. The molecular formula is C26H34F2N4O. The van der Waals surface area contributed by atoms with Gasteiger partial charge in [-0.25, -0.2) is 13.6 Å². The second-order valence-electron chi connectivity index (χ2n) is 9.62. The number of carbonyl (C=O) groups excluding carboxylic acids is 1. The summed E-state index contributed by atoms with van der Waals surface area (Å²) in [6.07, 6.45) is 4.24. The maximum Gasteiger partial charge on any atom is 0.319 e. The third kappa shape index (κ3) is 6.98. The maximum atomic E-state index is 13.2.